The number of hydrogen-bond donors (Lipinski definition) is 1. The lowest BCUT2D eigenvalue weighted by molar-refractivity contribution is 0.0175. The third kappa shape index (κ3) is 5.80. The Labute approximate surface area is 172 Å². The fourth-order valence-corrected chi connectivity index (χ4v) is 4.38. The number of ether oxygens (including phenoxy) is 1. The zero-order valence-electron chi connectivity index (χ0n) is 15.3. The van der Waals surface area contributed by atoms with E-state index < -0.39 is 0 Å². The smallest absolute Gasteiger partial charge is 0.193 e. The minimum absolute atomic E-state index is 0. The first-order chi connectivity index (χ1) is 11.8. The number of likely N-dealkylation sites (tertiary alicyclic amines) is 1. The second kappa shape index (κ2) is 10.7. The van der Waals surface area contributed by atoms with Crippen molar-refractivity contribution in [3.05, 3.63) is 22.4 Å². The van der Waals surface area contributed by atoms with Crippen molar-refractivity contribution < 1.29 is 4.74 Å². The number of guanidine groups is 1. The lowest BCUT2D eigenvalue weighted by Gasteiger charge is -2.36. The molecule has 1 aromatic rings. The molecule has 2 fully saturated rings. The van der Waals surface area contributed by atoms with Crippen LogP contribution in [0.2, 0.25) is 0 Å². The van der Waals surface area contributed by atoms with E-state index in [1.54, 1.807) is 0 Å². The average molecular weight is 478 g/mol. The first-order valence-electron chi connectivity index (χ1n) is 9.08. The summed E-state index contributed by atoms with van der Waals surface area (Å²) in [6.07, 6.45) is 2.52. The zero-order valence-corrected chi connectivity index (χ0v) is 18.5. The van der Waals surface area contributed by atoms with Gasteiger partial charge in [-0.2, -0.15) is 0 Å². The molecule has 25 heavy (non-hydrogen) atoms. The fourth-order valence-electron chi connectivity index (χ4n) is 3.52. The number of morpholine rings is 1. The van der Waals surface area contributed by atoms with Gasteiger partial charge in [0.2, 0.25) is 0 Å². The van der Waals surface area contributed by atoms with Gasteiger partial charge >= 0.3 is 0 Å². The summed E-state index contributed by atoms with van der Waals surface area (Å²) < 4.78 is 5.53. The number of nitrogens with one attached hydrogen (secondary N) is 1. The molecule has 7 heteroatoms. The van der Waals surface area contributed by atoms with E-state index in [0.29, 0.717) is 6.04 Å². The van der Waals surface area contributed by atoms with Gasteiger partial charge in [0.15, 0.2) is 5.96 Å². The Hall–Kier alpha value is -0.380. The van der Waals surface area contributed by atoms with Gasteiger partial charge in [-0.15, -0.1) is 35.3 Å². The first-order valence-corrected chi connectivity index (χ1v) is 9.96. The van der Waals surface area contributed by atoms with E-state index in [2.05, 4.69) is 44.5 Å². The van der Waals surface area contributed by atoms with Gasteiger partial charge in [-0.25, -0.2) is 0 Å². The Morgan fingerprint density at radius 1 is 1.32 bits per heavy atom. The molecule has 5 nitrogen and oxygen atoms in total. The van der Waals surface area contributed by atoms with Gasteiger partial charge in [0.1, 0.15) is 0 Å². The molecular formula is C18H31IN4OS. The molecule has 3 rings (SSSR count). The fraction of sp³-hybridized carbons (Fsp3) is 0.722. The molecule has 1 N–H and O–H groups in total. The van der Waals surface area contributed by atoms with E-state index in [0.717, 1.165) is 57.8 Å². The van der Waals surface area contributed by atoms with Gasteiger partial charge in [0.05, 0.1) is 19.3 Å². The van der Waals surface area contributed by atoms with Crippen molar-refractivity contribution in [1.29, 1.82) is 0 Å². The molecule has 2 aliphatic heterocycles. The molecule has 142 valence electrons. The quantitative estimate of drug-likeness (QED) is 0.411. The highest BCUT2D eigenvalue weighted by atomic mass is 127. The number of nitrogens with zero attached hydrogens (tertiary/aromatic N) is 3. The highest BCUT2D eigenvalue weighted by Crippen LogP contribution is 2.25. The summed E-state index contributed by atoms with van der Waals surface area (Å²) in [4.78, 5) is 10.9. The van der Waals surface area contributed by atoms with Crippen LogP contribution in [0.3, 0.4) is 0 Å². The van der Waals surface area contributed by atoms with Crippen LogP contribution in [0.5, 0.6) is 0 Å². The van der Waals surface area contributed by atoms with Crippen LogP contribution in [0.4, 0.5) is 0 Å². The standard InChI is InChI=1S/C18H30N4OS.HI/c1-15-5-7-22(8-6-15)18(19-2)20-14-16(17-4-3-13-24-17)21-9-11-23-12-10-21;/h3-4,13,15-16H,5-12,14H2,1-2H3,(H,19,20);1H. The van der Waals surface area contributed by atoms with Crippen LogP contribution >= 0.6 is 35.3 Å². The number of halogens is 1. The Bertz CT molecular complexity index is 511. The van der Waals surface area contributed by atoms with E-state index >= 15 is 0 Å². The normalized spacial score (nSPS) is 21.7. The van der Waals surface area contributed by atoms with Gasteiger partial charge < -0.3 is 15.0 Å². The topological polar surface area (TPSA) is 40.1 Å². The third-order valence-electron chi connectivity index (χ3n) is 5.11. The maximum atomic E-state index is 5.53. The Balaban J connectivity index is 0.00000225. The number of rotatable bonds is 4. The van der Waals surface area contributed by atoms with Crippen LogP contribution < -0.4 is 5.32 Å². The summed E-state index contributed by atoms with van der Waals surface area (Å²) in [5.41, 5.74) is 0. The SMILES string of the molecule is CN=C(NCC(c1cccs1)N1CCOCC1)N1CCC(C)CC1.I. The minimum Gasteiger partial charge on any atom is -0.379 e. The second-order valence-corrected chi connectivity index (χ2v) is 7.76. The molecule has 1 aromatic heterocycles. The van der Waals surface area contributed by atoms with Crippen LogP contribution in [0.25, 0.3) is 0 Å². The summed E-state index contributed by atoms with van der Waals surface area (Å²) >= 11 is 1.84. The van der Waals surface area contributed by atoms with Gasteiger partial charge in [-0.3, -0.25) is 9.89 Å². The van der Waals surface area contributed by atoms with E-state index in [-0.39, 0.29) is 24.0 Å². The van der Waals surface area contributed by atoms with Crippen molar-refractivity contribution in [2.24, 2.45) is 10.9 Å². The monoisotopic (exact) mass is 478 g/mol. The molecule has 0 saturated carbocycles. The van der Waals surface area contributed by atoms with Crippen LogP contribution in [0, 0.1) is 5.92 Å². The van der Waals surface area contributed by atoms with E-state index in [1.807, 2.05) is 18.4 Å². The van der Waals surface area contributed by atoms with Crippen molar-refractivity contribution in [2.75, 3.05) is 53.0 Å². The third-order valence-corrected chi connectivity index (χ3v) is 6.08. The molecule has 2 saturated heterocycles. The van der Waals surface area contributed by atoms with Gasteiger partial charge in [0.25, 0.3) is 0 Å². The Morgan fingerprint density at radius 2 is 2.04 bits per heavy atom. The molecule has 3 heterocycles. The number of thiophene rings is 1. The first kappa shape index (κ1) is 20.9. The summed E-state index contributed by atoms with van der Waals surface area (Å²) in [7, 11) is 1.90. The molecule has 0 amide bonds. The van der Waals surface area contributed by atoms with Crippen molar-refractivity contribution in [1.82, 2.24) is 15.1 Å². The summed E-state index contributed by atoms with van der Waals surface area (Å²) in [5, 5.41) is 5.81. The van der Waals surface area contributed by atoms with Gasteiger partial charge in [-0.05, 0) is 30.2 Å². The maximum absolute atomic E-state index is 5.53. The van der Waals surface area contributed by atoms with E-state index in [4.69, 9.17) is 4.74 Å². The molecule has 0 aromatic carbocycles. The minimum atomic E-state index is 0. The van der Waals surface area contributed by atoms with E-state index in [9.17, 15) is 0 Å². The van der Waals surface area contributed by atoms with Crippen LogP contribution in [-0.2, 0) is 4.74 Å². The molecule has 1 unspecified atom stereocenters. The van der Waals surface area contributed by atoms with Crippen LogP contribution in [0.1, 0.15) is 30.7 Å². The number of hydrogen-bond acceptors (Lipinski definition) is 4. The number of aliphatic imine (C=N–C) groups is 1. The summed E-state index contributed by atoms with van der Waals surface area (Å²) in [6, 6.07) is 4.79. The molecule has 0 spiro atoms. The highest BCUT2D eigenvalue weighted by molar-refractivity contribution is 14.0. The van der Waals surface area contributed by atoms with E-state index in [1.165, 1.54) is 17.7 Å². The highest BCUT2D eigenvalue weighted by Gasteiger charge is 2.25. The summed E-state index contributed by atoms with van der Waals surface area (Å²) in [6.45, 7) is 9.15. The predicted octanol–water partition coefficient (Wildman–Crippen LogP) is 3.05. The maximum Gasteiger partial charge on any atom is 0.193 e. The molecule has 1 atom stereocenters. The van der Waals surface area contributed by atoms with Crippen molar-refractivity contribution in [3.8, 4) is 0 Å². The van der Waals surface area contributed by atoms with Crippen molar-refractivity contribution in [3.63, 3.8) is 0 Å². The zero-order chi connectivity index (χ0) is 16.8. The largest absolute Gasteiger partial charge is 0.379 e. The molecule has 0 radical (unpaired) electrons. The Morgan fingerprint density at radius 3 is 2.64 bits per heavy atom. The van der Waals surface area contributed by atoms with Crippen molar-refractivity contribution in [2.45, 2.75) is 25.8 Å². The second-order valence-electron chi connectivity index (χ2n) is 6.78. The van der Waals surface area contributed by atoms with Crippen LogP contribution in [0.15, 0.2) is 22.5 Å². The molecule has 0 aliphatic carbocycles. The predicted molar refractivity (Wildman–Crippen MR) is 116 cm³/mol. The molecular weight excluding hydrogens is 447 g/mol. The van der Waals surface area contributed by atoms with Crippen molar-refractivity contribution >= 4 is 41.3 Å². The Kier molecular flexibility index (Phi) is 8.95. The number of piperidine rings is 1. The lowest BCUT2D eigenvalue weighted by atomic mass is 9.99. The average Bonchev–Trinajstić information content (AvgIpc) is 3.15. The van der Waals surface area contributed by atoms with Gasteiger partial charge in [-0.1, -0.05) is 13.0 Å². The molecule has 2 aliphatic rings. The molecule has 0 bridgehead atoms. The van der Waals surface area contributed by atoms with Gasteiger partial charge in [0, 0.05) is 44.6 Å². The lowest BCUT2D eigenvalue weighted by Crippen LogP contribution is -2.49. The van der Waals surface area contributed by atoms with Crippen LogP contribution in [-0.4, -0.2) is 68.7 Å². The summed E-state index contributed by atoms with van der Waals surface area (Å²) in [5.74, 6) is 1.89.